The van der Waals surface area contributed by atoms with Crippen LogP contribution in [0.15, 0.2) is 0 Å². The molecule has 3 nitrogen and oxygen atoms in total. The van der Waals surface area contributed by atoms with Gasteiger partial charge in [0.15, 0.2) is 0 Å². The van der Waals surface area contributed by atoms with Crippen molar-refractivity contribution in [1.29, 1.82) is 0 Å². The van der Waals surface area contributed by atoms with E-state index in [0.29, 0.717) is 13.1 Å². The first-order chi connectivity index (χ1) is 6.97. The maximum atomic E-state index is 10.2. The quantitative estimate of drug-likeness (QED) is 0.650. The van der Waals surface area contributed by atoms with Gasteiger partial charge in [-0.05, 0) is 26.2 Å². The molecule has 1 fully saturated rings. The second-order valence-corrected chi connectivity index (χ2v) is 5.24. The summed E-state index contributed by atoms with van der Waals surface area (Å²) in [6, 6.07) is 0. The summed E-state index contributed by atoms with van der Waals surface area (Å²) < 4.78 is 0. The molecule has 1 saturated carbocycles. The largest absolute Gasteiger partial charge is 0.389 e. The van der Waals surface area contributed by atoms with E-state index in [1.165, 1.54) is 6.42 Å². The van der Waals surface area contributed by atoms with Crippen molar-refractivity contribution in [3.8, 4) is 0 Å². The van der Waals surface area contributed by atoms with Crippen molar-refractivity contribution in [2.75, 3.05) is 13.1 Å². The van der Waals surface area contributed by atoms with Crippen molar-refractivity contribution in [2.45, 2.75) is 63.6 Å². The van der Waals surface area contributed by atoms with Gasteiger partial charge in [-0.15, -0.1) is 0 Å². The fourth-order valence-corrected chi connectivity index (χ4v) is 2.08. The average molecular weight is 215 g/mol. The van der Waals surface area contributed by atoms with Crippen LogP contribution in [0.4, 0.5) is 0 Å². The molecule has 0 radical (unpaired) electrons. The summed E-state index contributed by atoms with van der Waals surface area (Å²) in [5.74, 6) is 0. The molecule has 1 aliphatic rings. The zero-order chi connectivity index (χ0) is 11.4. The standard InChI is InChI=1S/C12H25NO2/c1-3-11(2,14)9-13-10-12(15)7-5-4-6-8-12/h13-15H,3-10H2,1-2H3. The van der Waals surface area contributed by atoms with E-state index >= 15 is 0 Å². The van der Waals surface area contributed by atoms with Gasteiger partial charge in [-0.25, -0.2) is 0 Å². The van der Waals surface area contributed by atoms with E-state index in [1.807, 2.05) is 13.8 Å². The molecule has 3 heteroatoms. The molecule has 0 heterocycles. The van der Waals surface area contributed by atoms with Crippen LogP contribution in [-0.4, -0.2) is 34.5 Å². The minimum absolute atomic E-state index is 0.526. The summed E-state index contributed by atoms with van der Waals surface area (Å²) in [6.45, 7) is 4.97. The summed E-state index contributed by atoms with van der Waals surface area (Å²) in [6.07, 6.45) is 6.03. The molecule has 0 amide bonds. The molecule has 0 aromatic heterocycles. The van der Waals surface area contributed by atoms with E-state index in [1.54, 1.807) is 0 Å². The molecule has 1 aliphatic carbocycles. The molecule has 90 valence electrons. The van der Waals surface area contributed by atoms with Gasteiger partial charge in [0, 0.05) is 13.1 Å². The SMILES string of the molecule is CCC(C)(O)CNCC1(O)CCCCC1. The molecule has 0 aromatic rings. The Balaban J connectivity index is 2.24. The molecule has 15 heavy (non-hydrogen) atoms. The molecule has 0 bridgehead atoms. The fourth-order valence-electron chi connectivity index (χ4n) is 2.08. The summed E-state index contributed by atoms with van der Waals surface area (Å²) in [7, 11) is 0. The van der Waals surface area contributed by atoms with Crippen LogP contribution in [0.25, 0.3) is 0 Å². The zero-order valence-corrected chi connectivity index (χ0v) is 10.1. The van der Waals surface area contributed by atoms with Crippen molar-refractivity contribution in [1.82, 2.24) is 5.32 Å². The molecular formula is C12H25NO2. The lowest BCUT2D eigenvalue weighted by Gasteiger charge is -2.33. The van der Waals surface area contributed by atoms with Crippen molar-refractivity contribution in [3.63, 3.8) is 0 Å². The summed E-state index contributed by atoms with van der Waals surface area (Å²) >= 11 is 0. The smallest absolute Gasteiger partial charge is 0.0771 e. The lowest BCUT2D eigenvalue weighted by Crippen LogP contribution is -2.46. The first-order valence-corrected chi connectivity index (χ1v) is 6.13. The van der Waals surface area contributed by atoms with Crippen molar-refractivity contribution in [3.05, 3.63) is 0 Å². The first-order valence-electron chi connectivity index (χ1n) is 6.13. The Morgan fingerprint density at radius 3 is 2.40 bits per heavy atom. The van der Waals surface area contributed by atoms with Crippen LogP contribution >= 0.6 is 0 Å². The molecule has 0 aliphatic heterocycles. The van der Waals surface area contributed by atoms with E-state index in [2.05, 4.69) is 5.32 Å². The van der Waals surface area contributed by atoms with Crippen LogP contribution in [0, 0.1) is 0 Å². The minimum Gasteiger partial charge on any atom is -0.389 e. The normalized spacial score (nSPS) is 24.8. The number of rotatable bonds is 5. The van der Waals surface area contributed by atoms with E-state index in [-0.39, 0.29) is 0 Å². The third kappa shape index (κ3) is 4.49. The van der Waals surface area contributed by atoms with Crippen LogP contribution in [0.5, 0.6) is 0 Å². The van der Waals surface area contributed by atoms with Crippen LogP contribution in [0.1, 0.15) is 52.4 Å². The molecule has 1 unspecified atom stereocenters. The van der Waals surface area contributed by atoms with Gasteiger partial charge >= 0.3 is 0 Å². The Morgan fingerprint density at radius 2 is 1.87 bits per heavy atom. The fraction of sp³-hybridized carbons (Fsp3) is 1.00. The van der Waals surface area contributed by atoms with E-state index in [9.17, 15) is 10.2 Å². The highest BCUT2D eigenvalue weighted by Crippen LogP contribution is 2.27. The predicted octanol–water partition coefficient (Wildman–Crippen LogP) is 1.43. The van der Waals surface area contributed by atoms with E-state index in [4.69, 9.17) is 0 Å². The second-order valence-electron chi connectivity index (χ2n) is 5.24. The van der Waals surface area contributed by atoms with Crippen molar-refractivity contribution in [2.24, 2.45) is 0 Å². The average Bonchev–Trinajstić information content (AvgIpc) is 2.18. The third-order valence-electron chi connectivity index (χ3n) is 3.51. The number of nitrogens with one attached hydrogen (secondary N) is 1. The van der Waals surface area contributed by atoms with Crippen LogP contribution in [0.2, 0.25) is 0 Å². The first kappa shape index (κ1) is 12.9. The molecule has 0 spiro atoms. The predicted molar refractivity (Wildman–Crippen MR) is 61.8 cm³/mol. The molecule has 0 saturated heterocycles. The Bertz CT molecular complexity index is 186. The Morgan fingerprint density at radius 1 is 1.27 bits per heavy atom. The third-order valence-corrected chi connectivity index (χ3v) is 3.51. The van der Waals surface area contributed by atoms with Gasteiger partial charge in [0.2, 0.25) is 0 Å². The number of aliphatic hydroxyl groups is 2. The van der Waals surface area contributed by atoms with Crippen molar-refractivity contribution >= 4 is 0 Å². The highest BCUT2D eigenvalue weighted by Gasteiger charge is 2.29. The Kier molecular flexibility index (Phi) is 4.56. The summed E-state index contributed by atoms with van der Waals surface area (Å²) in [5.41, 5.74) is -1.17. The van der Waals surface area contributed by atoms with E-state index in [0.717, 1.165) is 32.1 Å². The number of hydrogen-bond donors (Lipinski definition) is 3. The molecule has 1 atom stereocenters. The van der Waals surface area contributed by atoms with Gasteiger partial charge in [-0.1, -0.05) is 26.2 Å². The monoisotopic (exact) mass is 215 g/mol. The summed E-state index contributed by atoms with van der Waals surface area (Å²) in [5, 5.41) is 23.2. The maximum Gasteiger partial charge on any atom is 0.0771 e. The van der Waals surface area contributed by atoms with Crippen molar-refractivity contribution < 1.29 is 10.2 Å². The van der Waals surface area contributed by atoms with Gasteiger partial charge in [0.05, 0.1) is 11.2 Å². The zero-order valence-electron chi connectivity index (χ0n) is 10.1. The highest BCUT2D eigenvalue weighted by molar-refractivity contribution is 4.85. The molecule has 3 N–H and O–H groups in total. The van der Waals surface area contributed by atoms with Gasteiger partial charge < -0.3 is 15.5 Å². The van der Waals surface area contributed by atoms with E-state index < -0.39 is 11.2 Å². The minimum atomic E-state index is -0.648. The topological polar surface area (TPSA) is 52.5 Å². The van der Waals surface area contributed by atoms with Gasteiger partial charge in [0.25, 0.3) is 0 Å². The van der Waals surface area contributed by atoms with Crippen LogP contribution < -0.4 is 5.32 Å². The molecule has 0 aromatic carbocycles. The Hall–Kier alpha value is -0.120. The lowest BCUT2D eigenvalue weighted by molar-refractivity contribution is -0.00430. The van der Waals surface area contributed by atoms with Gasteiger partial charge in [0.1, 0.15) is 0 Å². The van der Waals surface area contributed by atoms with Gasteiger partial charge in [-0.3, -0.25) is 0 Å². The molecular weight excluding hydrogens is 190 g/mol. The molecule has 1 rings (SSSR count). The number of hydrogen-bond acceptors (Lipinski definition) is 3. The summed E-state index contributed by atoms with van der Waals surface area (Å²) in [4.78, 5) is 0. The second kappa shape index (κ2) is 5.28. The maximum absolute atomic E-state index is 10.2. The van der Waals surface area contributed by atoms with Crippen LogP contribution in [0.3, 0.4) is 0 Å². The highest BCUT2D eigenvalue weighted by atomic mass is 16.3. The van der Waals surface area contributed by atoms with Gasteiger partial charge in [-0.2, -0.15) is 0 Å². The van der Waals surface area contributed by atoms with Crippen LogP contribution in [-0.2, 0) is 0 Å². The lowest BCUT2D eigenvalue weighted by atomic mass is 9.85. The Labute approximate surface area is 92.9 Å².